The summed E-state index contributed by atoms with van der Waals surface area (Å²) >= 11 is 3.47. The van der Waals surface area contributed by atoms with Crippen molar-refractivity contribution < 1.29 is 14.3 Å². The first-order valence-electron chi connectivity index (χ1n) is 7.39. The second-order valence-electron chi connectivity index (χ2n) is 5.27. The van der Waals surface area contributed by atoms with E-state index in [9.17, 15) is 4.79 Å². The van der Waals surface area contributed by atoms with E-state index in [0.29, 0.717) is 29.7 Å². The molecule has 1 saturated heterocycles. The van der Waals surface area contributed by atoms with Crippen molar-refractivity contribution in [3.8, 4) is 11.5 Å². The molecule has 1 aliphatic rings. The van der Waals surface area contributed by atoms with E-state index < -0.39 is 0 Å². The summed E-state index contributed by atoms with van der Waals surface area (Å²) in [5.41, 5.74) is 0.635. The summed E-state index contributed by atoms with van der Waals surface area (Å²) in [7, 11) is 1.59. The Morgan fingerprint density at radius 3 is 2.81 bits per heavy atom. The number of piperidine rings is 1. The number of hydrogen-bond donors (Lipinski definition) is 0. The largest absolute Gasteiger partial charge is 0.493 e. The average Bonchev–Trinajstić information content (AvgIpc) is 2.49. The van der Waals surface area contributed by atoms with Crippen LogP contribution in [0, 0.1) is 0 Å². The molecule has 1 unspecified atom stereocenters. The van der Waals surface area contributed by atoms with Crippen LogP contribution in [-0.2, 0) is 0 Å². The normalized spacial score (nSPS) is 18.5. The first-order valence-corrected chi connectivity index (χ1v) is 8.19. The van der Waals surface area contributed by atoms with E-state index in [-0.39, 0.29) is 5.91 Å². The lowest BCUT2D eigenvalue weighted by Gasteiger charge is -2.33. The number of likely N-dealkylation sites (tertiary alicyclic amines) is 1. The van der Waals surface area contributed by atoms with Gasteiger partial charge in [-0.05, 0) is 61.2 Å². The minimum Gasteiger partial charge on any atom is -0.493 e. The number of nitrogens with zero attached hydrogens (tertiary/aromatic N) is 1. The summed E-state index contributed by atoms with van der Waals surface area (Å²) in [4.78, 5) is 14.7. The average molecular weight is 356 g/mol. The first-order chi connectivity index (χ1) is 10.1. The smallest absolute Gasteiger partial charge is 0.254 e. The summed E-state index contributed by atoms with van der Waals surface area (Å²) in [6.07, 6.45) is 3.34. The van der Waals surface area contributed by atoms with Gasteiger partial charge in [0.2, 0.25) is 0 Å². The minimum absolute atomic E-state index is 0.0595. The van der Waals surface area contributed by atoms with Crippen molar-refractivity contribution in [2.45, 2.75) is 39.2 Å². The van der Waals surface area contributed by atoms with Gasteiger partial charge in [-0.1, -0.05) is 0 Å². The molecule has 0 N–H and O–H groups in total. The van der Waals surface area contributed by atoms with Crippen molar-refractivity contribution >= 4 is 21.8 Å². The summed E-state index contributed by atoms with van der Waals surface area (Å²) < 4.78 is 11.7. The molecule has 0 saturated carbocycles. The first kappa shape index (κ1) is 16.1. The van der Waals surface area contributed by atoms with E-state index >= 15 is 0 Å². The fraction of sp³-hybridized carbons (Fsp3) is 0.562. The molecule has 0 radical (unpaired) electrons. The van der Waals surface area contributed by atoms with Crippen LogP contribution in [-0.4, -0.2) is 37.1 Å². The maximum Gasteiger partial charge on any atom is 0.254 e. The van der Waals surface area contributed by atoms with Crippen LogP contribution in [0.2, 0.25) is 0 Å². The van der Waals surface area contributed by atoms with Crippen molar-refractivity contribution in [2.24, 2.45) is 0 Å². The zero-order valence-corrected chi connectivity index (χ0v) is 14.4. The molecule has 0 spiro atoms. The SMILES string of the molecule is CCOc1c(Br)cc(C(=O)N2CCCCC2C)cc1OC. The number of carbonyl (C=O) groups excluding carboxylic acids is 1. The van der Waals surface area contributed by atoms with E-state index in [1.165, 1.54) is 6.42 Å². The Labute approximate surface area is 134 Å². The Bertz CT molecular complexity index is 518. The molecule has 2 rings (SSSR count). The highest BCUT2D eigenvalue weighted by Gasteiger charge is 2.25. The Balaban J connectivity index is 2.31. The lowest BCUT2D eigenvalue weighted by Crippen LogP contribution is -2.42. The van der Waals surface area contributed by atoms with E-state index in [1.54, 1.807) is 13.2 Å². The molecule has 1 fully saturated rings. The second-order valence-corrected chi connectivity index (χ2v) is 6.12. The quantitative estimate of drug-likeness (QED) is 0.822. The van der Waals surface area contributed by atoms with Crippen molar-refractivity contribution in [3.63, 3.8) is 0 Å². The third kappa shape index (κ3) is 3.51. The predicted octanol–water partition coefficient (Wildman–Crippen LogP) is 3.87. The van der Waals surface area contributed by atoms with Crippen LogP contribution in [0.3, 0.4) is 0 Å². The highest BCUT2D eigenvalue weighted by atomic mass is 79.9. The number of ether oxygens (including phenoxy) is 2. The van der Waals surface area contributed by atoms with Crippen LogP contribution in [0.4, 0.5) is 0 Å². The van der Waals surface area contributed by atoms with Crippen LogP contribution in [0.5, 0.6) is 11.5 Å². The van der Waals surface area contributed by atoms with Gasteiger partial charge in [-0.2, -0.15) is 0 Å². The number of methoxy groups -OCH3 is 1. The summed E-state index contributed by atoms with van der Waals surface area (Å²) in [6.45, 7) is 5.40. The van der Waals surface area contributed by atoms with Crippen LogP contribution in [0.25, 0.3) is 0 Å². The Kier molecular flexibility index (Phi) is 5.51. The fourth-order valence-electron chi connectivity index (χ4n) is 2.69. The maximum absolute atomic E-state index is 12.7. The second kappa shape index (κ2) is 7.16. The van der Waals surface area contributed by atoms with Crippen LogP contribution >= 0.6 is 15.9 Å². The molecule has 1 atom stereocenters. The van der Waals surface area contributed by atoms with Crippen molar-refractivity contribution in [1.82, 2.24) is 4.90 Å². The number of halogens is 1. The molecule has 5 heteroatoms. The molecule has 0 bridgehead atoms. The van der Waals surface area contributed by atoms with Crippen molar-refractivity contribution in [3.05, 3.63) is 22.2 Å². The lowest BCUT2D eigenvalue weighted by molar-refractivity contribution is 0.0635. The molecular formula is C16H22BrNO3. The van der Waals surface area contributed by atoms with Gasteiger partial charge < -0.3 is 14.4 Å². The topological polar surface area (TPSA) is 38.8 Å². The van der Waals surface area contributed by atoms with E-state index in [4.69, 9.17) is 9.47 Å². The summed E-state index contributed by atoms with van der Waals surface area (Å²) in [6, 6.07) is 3.87. The molecule has 1 amide bonds. The third-order valence-electron chi connectivity index (χ3n) is 3.83. The van der Waals surface area contributed by atoms with Gasteiger partial charge in [0.25, 0.3) is 5.91 Å². The van der Waals surface area contributed by atoms with Crippen LogP contribution in [0.15, 0.2) is 16.6 Å². The van der Waals surface area contributed by atoms with Crippen LogP contribution < -0.4 is 9.47 Å². The molecule has 1 aromatic carbocycles. The molecule has 1 aliphatic heterocycles. The Morgan fingerprint density at radius 1 is 1.43 bits per heavy atom. The molecule has 0 aromatic heterocycles. The Morgan fingerprint density at radius 2 is 2.19 bits per heavy atom. The predicted molar refractivity (Wildman–Crippen MR) is 86.2 cm³/mol. The summed E-state index contributed by atoms with van der Waals surface area (Å²) in [5, 5.41) is 0. The standard InChI is InChI=1S/C16H22BrNO3/c1-4-21-15-13(17)9-12(10-14(15)20-3)16(19)18-8-6-5-7-11(18)2/h9-11H,4-8H2,1-3H3. The van der Waals surface area contributed by atoms with E-state index in [0.717, 1.165) is 23.9 Å². The summed E-state index contributed by atoms with van der Waals surface area (Å²) in [5.74, 6) is 1.28. The van der Waals surface area contributed by atoms with Gasteiger partial charge in [-0.3, -0.25) is 4.79 Å². The lowest BCUT2D eigenvalue weighted by atomic mass is 10.0. The number of hydrogen-bond acceptors (Lipinski definition) is 3. The zero-order valence-electron chi connectivity index (χ0n) is 12.8. The highest BCUT2D eigenvalue weighted by Crippen LogP contribution is 2.37. The number of rotatable bonds is 4. The van der Waals surface area contributed by atoms with Crippen molar-refractivity contribution in [1.29, 1.82) is 0 Å². The maximum atomic E-state index is 12.7. The van der Waals surface area contributed by atoms with Gasteiger partial charge in [0, 0.05) is 18.2 Å². The molecule has 116 valence electrons. The molecular weight excluding hydrogens is 334 g/mol. The van der Waals surface area contributed by atoms with E-state index in [1.807, 2.05) is 17.9 Å². The minimum atomic E-state index is 0.0595. The van der Waals surface area contributed by atoms with Gasteiger partial charge in [0.15, 0.2) is 11.5 Å². The van der Waals surface area contributed by atoms with Gasteiger partial charge in [-0.15, -0.1) is 0 Å². The third-order valence-corrected chi connectivity index (χ3v) is 4.42. The monoisotopic (exact) mass is 355 g/mol. The zero-order chi connectivity index (χ0) is 15.4. The molecule has 4 nitrogen and oxygen atoms in total. The van der Waals surface area contributed by atoms with Gasteiger partial charge >= 0.3 is 0 Å². The number of amides is 1. The highest BCUT2D eigenvalue weighted by molar-refractivity contribution is 9.10. The molecule has 1 aromatic rings. The molecule has 0 aliphatic carbocycles. The van der Waals surface area contributed by atoms with Gasteiger partial charge in [0.05, 0.1) is 18.2 Å². The number of benzene rings is 1. The van der Waals surface area contributed by atoms with Gasteiger partial charge in [-0.25, -0.2) is 0 Å². The van der Waals surface area contributed by atoms with Crippen LogP contribution in [0.1, 0.15) is 43.5 Å². The van der Waals surface area contributed by atoms with E-state index in [2.05, 4.69) is 22.9 Å². The number of carbonyl (C=O) groups is 1. The van der Waals surface area contributed by atoms with Gasteiger partial charge in [0.1, 0.15) is 0 Å². The Hall–Kier alpha value is -1.23. The van der Waals surface area contributed by atoms with Crippen molar-refractivity contribution in [2.75, 3.05) is 20.3 Å². The molecule has 1 heterocycles. The fourth-order valence-corrected chi connectivity index (χ4v) is 3.25. The molecule has 21 heavy (non-hydrogen) atoms.